The van der Waals surface area contributed by atoms with E-state index in [1.54, 1.807) is 14.1 Å². The van der Waals surface area contributed by atoms with E-state index in [1.807, 2.05) is 62.4 Å². The Morgan fingerprint density at radius 1 is 1.14 bits per heavy atom. The summed E-state index contributed by atoms with van der Waals surface area (Å²) in [4.78, 5) is 16.0. The molecule has 0 bridgehead atoms. The van der Waals surface area contributed by atoms with Crippen LogP contribution in [0.25, 0.3) is 0 Å². The number of carbonyl (C=O) groups is 1. The molecule has 0 aliphatic rings. The lowest BCUT2D eigenvalue weighted by atomic mass is 10.1. The normalized spacial score (nSPS) is 12.2. The zero-order valence-corrected chi connectivity index (χ0v) is 17.1. The molecule has 0 saturated heterocycles. The van der Waals surface area contributed by atoms with Crippen LogP contribution >= 0.6 is 0 Å². The number of nitrogens with one attached hydrogen (secondary N) is 3. The number of aliphatic imine (C=N–C) groups is 1. The van der Waals surface area contributed by atoms with Gasteiger partial charge in [-0.2, -0.15) is 0 Å². The zero-order valence-electron chi connectivity index (χ0n) is 17.1. The number of guanidine groups is 1. The highest BCUT2D eigenvalue weighted by Gasteiger charge is 2.08. The fourth-order valence-electron chi connectivity index (χ4n) is 2.75. The maximum absolute atomic E-state index is 11.7. The molecule has 0 saturated carbocycles. The van der Waals surface area contributed by atoms with E-state index in [-0.39, 0.29) is 12.0 Å². The van der Waals surface area contributed by atoms with Crippen LogP contribution in [0.15, 0.2) is 53.5 Å². The summed E-state index contributed by atoms with van der Waals surface area (Å²) in [6.07, 6.45) is 0.796. The molecule has 2 aromatic carbocycles. The lowest BCUT2D eigenvalue weighted by Crippen LogP contribution is -2.42. The minimum absolute atomic E-state index is 0.00360. The van der Waals surface area contributed by atoms with Crippen LogP contribution in [0.2, 0.25) is 0 Å². The van der Waals surface area contributed by atoms with Crippen LogP contribution in [-0.2, 0) is 6.42 Å². The van der Waals surface area contributed by atoms with Crippen molar-refractivity contribution in [2.75, 3.05) is 27.2 Å². The van der Waals surface area contributed by atoms with Crippen LogP contribution in [0.5, 0.6) is 5.75 Å². The van der Waals surface area contributed by atoms with Crippen LogP contribution in [0.4, 0.5) is 0 Å². The second kappa shape index (κ2) is 11.0. The van der Waals surface area contributed by atoms with Gasteiger partial charge in [-0.15, -0.1) is 0 Å². The maximum Gasteiger partial charge on any atom is 0.251 e. The molecular weight excluding hydrogens is 352 g/mol. The van der Waals surface area contributed by atoms with Gasteiger partial charge in [-0.1, -0.05) is 30.3 Å². The number of benzene rings is 2. The van der Waals surface area contributed by atoms with Crippen molar-refractivity contribution in [3.63, 3.8) is 0 Å². The van der Waals surface area contributed by atoms with Crippen molar-refractivity contribution in [2.45, 2.75) is 26.4 Å². The number of nitrogens with zero attached hydrogens (tertiary/aromatic N) is 1. The van der Waals surface area contributed by atoms with Crippen molar-refractivity contribution in [3.8, 4) is 5.75 Å². The number of rotatable bonds is 8. The Balaban J connectivity index is 1.77. The Labute approximate surface area is 167 Å². The lowest BCUT2D eigenvalue weighted by Gasteiger charge is -2.18. The molecule has 0 aliphatic heterocycles. The van der Waals surface area contributed by atoms with Crippen molar-refractivity contribution >= 4 is 11.9 Å². The van der Waals surface area contributed by atoms with Gasteiger partial charge in [-0.05, 0) is 49.6 Å². The van der Waals surface area contributed by atoms with E-state index in [0.717, 1.165) is 29.3 Å². The predicted molar refractivity (Wildman–Crippen MR) is 114 cm³/mol. The molecule has 0 spiro atoms. The molecular formula is C22H30N4O2. The van der Waals surface area contributed by atoms with Crippen LogP contribution in [-0.4, -0.2) is 45.2 Å². The van der Waals surface area contributed by atoms with Crippen LogP contribution in [0, 0.1) is 6.92 Å². The zero-order chi connectivity index (χ0) is 20.4. The second-order valence-corrected chi connectivity index (χ2v) is 6.60. The fraction of sp³-hybridized carbons (Fsp3) is 0.364. The Bertz CT molecular complexity index is 805. The number of hydrogen-bond donors (Lipinski definition) is 3. The smallest absolute Gasteiger partial charge is 0.251 e. The van der Waals surface area contributed by atoms with E-state index in [0.29, 0.717) is 18.7 Å². The third-order valence-electron chi connectivity index (χ3n) is 4.32. The Kier molecular flexibility index (Phi) is 8.34. The summed E-state index contributed by atoms with van der Waals surface area (Å²) in [7, 11) is 3.38. The number of ether oxygens (including phenoxy) is 1. The molecule has 6 nitrogen and oxygen atoms in total. The molecule has 1 atom stereocenters. The third-order valence-corrected chi connectivity index (χ3v) is 4.32. The highest BCUT2D eigenvalue weighted by Crippen LogP contribution is 2.17. The highest BCUT2D eigenvalue weighted by atomic mass is 16.5. The van der Waals surface area contributed by atoms with Gasteiger partial charge in [-0.3, -0.25) is 9.79 Å². The summed E-state index contributed by atoms with van der Waals surface area (Å²) in [5.41, 5.74) is 2.89. The minimum atomic E-state index is -0.0741. The van der Waals surface area contributed by atoms with E-state index < -0.39 is 0 Å². The fourth-order valence-corrected chi connectivity index (χ4v) is 2.75. The predicted octanol–water partition coefficient (Wildman–Crippen LogP) is 2.53. The van der Waals surface area contributed by atoms with E-state index in [2.05, 4.69) is 20.9 Å². The molecule has 2 aromatic rings. The monoisotopic (exact) mass is 382 g/mol. The molecule has 3 N–H and O–H groups in total. The average Bonchev–Trinajstić information content (AvgIpc) is 2.71. The first kappa shape index (κ1) is 21.3. The van der Waals surface area contributed by atoms with E-state index >= 15 is 0 Å². The van der Waals surface area contributed by atoms with Crippen molar-refractivity contribution in [1.29, 1.82) is 0 Å². The van der Waals surface area contributed by atoms with Gasteiger partial charge in [0.15, 0.2) is 5.96 Å². The van der Waals surface area contributed by atoms with Gasteiger partial charge < -0.3 is 20.7 Å². The van der Waals surface area contributed by atoms with Crippen molar-refractivity contribution in [1.82, 2.24) is 16.0 Å². The van der Waals surface area contributed by atoms with Gasteiger partial charge in [0.1, 0.15) is 11.9 Å². The van der Waals surface area contributed by atoms with Gasteiger partial charge >= 0.3 is 0 Å². The molecule has 2 rings (SSSR count). The molecule has 6 heteroatoms. The quantitative estimate of drug-likeness (QED) is 0.484. The Morgan fingerprint density at radius 3 is 2.64 bits per heavy atom. The molecule has 0 radical (unpaired) electrons. The molecule has 0 aliphatic carbocycles. The highest BCUT2D eigenvalue weighted by molar-refractivity contribution is 5.94. The molecule has 0 fully saturated rings. The number of hydrogen-bond acceptors (Lipinski definition) is 3. The maximum atomic E-state index is 11.7. The summed E-state index contributed by atoms with van der Waals surface area (Å²) in [5, 5.41) is 9.22. The van der Waals surface area contributed by atoms with Gasteiger partial charge in [0, 0.05) is 26.2 Å². The van der Waals surface area contributed by atoms with Crippen LogP contribution in [0.3, 0.4) is 0 Å². The van der Waals surface area contributed by atoms with Crippen LogP contribution in [0.1, 0.15) is 28.4 Å². The molecule has 28 heavy (non-hydrogen) atoms. The van der Waals surface area contributed by atoms with Crippen molar-refractivity contribution in [3.05, 3.63) is 65.2 Å². The van der Waals surface area contributed by atoms with Gasteiger partial charge in [0.05, 0.1) is 6.54 Å². The van der Waals surface area contributed by atoms with E-state index in [1.165, 1.54) is 0 Å². The molecule has 0 heterocycles. The Morgan fingerprint density at radius 2 is 1.93 bits per heavy atom. The summed E-state index contributed by atoms with van der Waals surface area (Å²) in [6.45, 7) is 5.41. The third kappa shape index (κ3) is 6.61. The standard InChI is InChI=1S/C22H30N4O2/c1-16-8-5-6-11-20(16)28-17(2)15-26-22(24-4)25-13-12-18-9-7-10-19(14-18)21(27)23-3/h5-11,14,17H,12-13,15H2,1-4H3,(H,23,27)(H2,24,25,26). The first-order valence-corrected chi connectivity index (χ1v) is 9.51. The number of aryl methyl sites for hydroxylation is 1. The largest absolute Gasteiger partial charge is 0.489 e. The van der Waals surface area contributed by atoms with E-state index in [4.69, 9.17) is 4.74 Å². The van der Waals surface area contributed by atoms with Gasteiger partial charge in [0.25, 0.3) is 5.91 Å². The minimum Gasteiger partial charge on any atom is -0.489 e. The number of amides is 1. The van der Waals surface area contributed by atoms with Crippen molar-refractivity contribution in [2.24, 2.45) is 4.99 Å². The Hall–Kier alpha value is -3.02. The SMILES string of the molecule is CN=C(NCCc1cccc(C(=O)NC)c1)NCC(C)Oc1ccccc1C. The van der Waals surface area contributed by atoms with Crippen LogP contribution < -0.4 is 20.7 Å². The molecule has 1 unspecified atom stereocenters. The van der Waals surface area contributed by atoms with E-state index in [9.17, 15) is 4.79 Å². The molecule has 1 amide bonds. The van der Waals surface area contributed by atoms with Gasteiger partial charge in [-0.25, -0.2) is 0 Å². The average molecular weight is 383 g/mol. The van der Waals surface area contributed by atoms with Crippen molar-refractivity contribution < 1.29 is 9.53 Å². The number of carbonyl (C=O) groups excluding carboxylic acids is 1. The topological polar surface area (TPSA) is 74.8 Å². The summed E-state index contributed by atoms with van der Waals surface area (Å²) < 4.78 is 5.98. The second-order valence-electron chi connectivity index (χ2n) is 6.60. The summed E-state index contributed by atoms with van der Waals surface area (Å²) in [5.74, 6) is 1.55. The lowest BCUT2D eigenvalue weighted by molar-refractivity contribution is 0.0963. The van der Waals surface area contributed by atoms with Gasteiger partial charge in [0.2, 0.25) is 0 Å². The number of para-hydroxylation sites is 1. The molecule has 0 aromatic heterocycles. The first-order chi connectivity index (χ1) is 13.5. The summed E-state index contributed by atoms with van der Waals surface area (Å²) in [6, 6.07) is 15.6. The first-order valence-electron chi connectivity index (χ1n) is 9.51. The molecule has 150 valence electrons. The summed E-state index contributed by atoms with van der Waals surface area (Å²) >= 11 is 0.